The number of benzene rings is 4. The van der Waals surface area contributed by atoms with Crippen LogP contribution in [0.4, 0.5) is 5.69 Å². The number of amides is 1. The number of aromatic nitrogens is 2. The Kier molecular flexibility index (Phi) is 8.74. The van der Waals surface area contributed by atoms with Crippen LogP contribution in [0.5, 0.6) is 17.2 Å². The van der Waals surface area contributed by atoms with Crippen LogP contribution < -0.4 is 19.8 Å². The fourth-order valence-electron chi connectivity index (χ4n) is 6.16. The van der Waals surface area contributed by atoms with Gasteiger partial charge in [0.05, 0.1) is 53.7 Å². The van der Waals surface area contributed by atoms with Crippen LogP contribution in [0, 0.1) is 0 Å². The number of nitrogens with zero attached hydrogens (tertiary/aromatic N) is 4. The summed E-state index contributed by atoms with van der Waals surface area (Å²) >= 11 is 0. The van der Waals surface area contributed by atoms with Crippen LogP contribution in [0.1, 0.15) is 47.9 Å². The van der Waals surface area contributed by atoms with E-state index in [0.29, 0.717) is 63.9 Å². The molecule has 242 valence electrons. The molecule has 1 amide bonds. The zero-order valence-corrected chi connectivity index (χ0v) is 26.9. The summed E-state index contributed by atoms with van der Waals surface area (Å²) in [6.45, 7) is 3.11. The Bertz CT molecular complexity index is 2070. The average molecular weight is 641 g/mol. The van der Waals surface area contributed by atoms with Crippen molar-refractivity contribution in [3.05, 3.63) is 118 Å². The molecular weight excluding hydrogens is 604 g/mol. The molecule has 0 N–H and O–H groups in total. The monoisotopic (exact) mass is 640 g/mol. The number of fused-ring (bicyclic) bond motifs is 3. The Morgan fingerprint density at radius 1 is 0.938 bits per heavy atom. The topological polar surface area (TPSA) is 95.2 Å². The maximum Gasteiger partial charge on any atom is 0.266 e. The summed E-state index contributed by atoms with van der Waals surface area (Å²) in [6, 6.07) is 28.3. The largest absolute Gasteiger partial charge is 0.493 e. The van der Waals surface area contributed by atoms with Gasteiger partial charge < -0.3 is 19.1 Å². The smallest absolute Gasteiger partial charge is 0.266 e. The molecule has 4 aromatic carbocycles. The lowest BCUT2D eigenvalue weighted by Gasteiger charge is -2.21. The molecule has 2 aliphatic heterocycles. The summed E-state index contributed by atoms with van der Waals surface area (Å²) in [7, 11) is 1.57. The molecule has 2 aliphatic rings. The molecule has 0 bridgehead atoms. The number of ether oxygens (including phenoxy) is 3. The van der Waals surface area contributed by atoms with Crippen LogP contribution in [0.2, 0.25) is 0 Å². The van der Waals surface area contributed by atoms with Crippen molar-refractivity contribution in [1.29, 1.82) is 0 Å². The van der Waals surface area contributed by atoms with Gasteiger partial charge in [-0.15, -0.1) is 0 Å². The Labute approximate surface area is 278 Å². The molecule has 1 unspecified atom stereocenters. The van der Waals surface area contributed by atoms with Gasteiger partial charge in [0.25, 0.3) is 11.5 Å². The second kappa shape index (κ2) is 13.6. The third-order valence-corrected chi connectivity index (χ3v) is 8.70. The summed E-state index contributed by atoms with van der Waals surface area (Å²) in [5, 5.41) is 0.550. The number of aliphatic imine (C=N–C) groups is 1. The van der Waals surface area contributed by atoms with Crippen molar-refractivity contribution in [2.75, 3.05) is 20.3 Å². The summed E-state index contributed by atoms with van der Waals surface area (Å²) in [5.74, 6) is 2.21. The fourth-order valence-corrected chi connectivity index (χ4v) is 6.16. The van der Waals surface area contributed by atoms with Crippen LogP contribution in [0.3, 0.4) is 0 Å². The van der Waals surface area contributed by atoms with E-state index in [-0.39, 0.29) is 23.6 Å². The molecule has 0 aliphatic carbocycles. The van der Waals surface area contributed by atoms with E-state index in [1.54, 1.807) is 29.9 Å². The summed E-state index contributed by atoms with van der Waals surface area (Å²) in [6.07, 6.45) is 7.98. The molecule has 7 rings (SSSR count). The lowest BCUT2D eigenvalue weighted by atomic mass is 10.1. The molecular formula is C39H36N4O5. The predicted octanol–water partition coefficient (Wildman–Crippen LogP) is 7.12. The number of hydrogen-bond acceptors (Lipinski definition) is 7. The molecule has 2 atom stereocenters. The lowest BCUT2D eigenvalue weighted by molar-refractivity contribution is 0.0774. The number of para-hydroxylation sites is 1. The number of carbonyl (C=O) groups excluding carboxylic acids is 1. The van der Waals surface area contributed by atoms with Crippen LogP contribution in [0.15, 0.2) is 101 Å². The number of methoxy groups -OCH3 is 1. The summed E-state index contributed by atoms with van der Waals surface area (Å²) in [4.78, 5) is 38.1. The van der Waals surface area contributed by atoms with Gasteiger partial charge in [-0.25, -0.2) is 4.98 Å². The predicted molar refractivity (Wildman–Crippen MR) is 188 cm³/mol. The Hall–Kier alpha value is -5.70. The van der Waals surface area contributed by atoms with E-state index in [9.17, 15) is 9.59 Å². The Morgan fingerprint density at radius 2 is 1.73 bits per heavy atom. The van der Waals surface area contributed by atoms with Crippen molar-refractivity contribution in [1.82, 2.24) is 14.5 Å². The number of hydrogen-bond donors (Lipinski definition) is 0. The van der Waals surface area contributed by atoms with Crippen molar-refractivity contribution in [3.63, 3.8) is 0 Å². The standard InChI is InChI=1S/C39H36N4O5/c1-26(48-36-24-34-32(23-35(36)46-2)38(44)42-21-8-11-29(42)25-40-34)20-22-47-30-17-15-28(16-18-30)43-37(19-14-27-9-4-3-5-10-27)41-33-13-7-6-12-31(33)39(43)45/h3-7,9-10,12-19,23-26,29H,8,11,20-22H2,1-2H3/b19-14+/t26?,29-/m0/s1. The molecule has 9 nitrogen and oxygen atoms in total. The first-order valence-electron chi connectivity index (χ1n) is 16.2. The normalized spacial score (nSPS) is 16.1. The maximum absolute atomic E-state index is 13.7. The quantitative estimate of drug-likeness (QED) is 0.161. The third-order valence-electron chi connectivity index (χ3n) is 8.70. The maximum atomic E-state index is 13.7. The van der Waals surface area contributed by atoms with Crippen LogP contribution >= 0.6 is 0 Å². The highest BCUT2D eigenvalue weighted by atomic mass is 16.5. The van der Waals surface area contributed by atoms with Crippen molar-refractivity contribution in [2.45, 2.75) is 38.3 Å². The molecule has 1 saturated heterocycles. The van der Waals surface area contributed by atoms with Gasteiger partial charge in [0.1, 0.15) is 11.6 Å². The van der Waals surface area contributed by atoms with Crippen LogP contribution in [0.25, 0.3) is 28.7 Å². The van der Waals surface area contributed by atoms with E-state index in [1.807, 2.05) is 103 Å². The molecule has 3 heterocycles. The molecule has 1 aromatic heterocycles. The first kappa shape index (κ1) is 30.9. The van der Waals surface area contributed by atoms with Gasteiger partial charge >= 0.3 is 0 Å². The second-order valence-corrected chi connectivity index (χ2v) is 11.9. The van der Waals surface area contributed by atoms with E-state index in [4.69, 9.17) is 19.2 Å². The van der Waals surface area contributed by atoms with Crippen LogP contribution in [-0.2, 0) is 0 Å². The van der Waals surface area contributed by atoms with Crippen molar-refractivity contribution in [2.24, 2.45) is 4.99 Å². The minimum Gasteiger partial charge on any atom is -0.493 e. The molecule has 0 radical (unpaired) electrons. The number of rotatable bonds is 10. The Morgan fingerprint density at radius 3 is 2.54 bits per heavy atom. The third kappa shape index (κ3) is 6.31. The molecule has 5 aromatic rings. The minimum absolute atomic E-state index is 0.0241. The highest BCUT2D eigenvalue weighted by Gasteiger charge is 2.32. The zero-order valence-electron chi connectivity index (χ0n) is 26.9. The van der Waals surface area contributed by atoms with Crippen molar-refractivity contribution < 1.29 is 19.0 Å². The van der Waals surface area contributed by atoms with Crippen LogP contribution in [-0.4, -0.2) is 59.0 Å². The highest BCUT2D eigenvalue weighted by Crippen LogP contribution is 2.38. The highest BCUT2D eigenvalue weighted by molar-refractivity contribution is 6.03. The average Bonchev–Trinajstić information content (AvgIpc) is 3.55. The molecule has 48 heavy (non-hydrogen) atoms. The van der Waals surface area contributed by atoms with Gasteiger partial charge in [0.15, 0.2) is 11.5 Å². The van der Waals surface area contributed by atoms with E-state index in [1.165, 1.54) is 0 Å². The van der Waals surface area contributed by atoms with E-state index < -0.39 is 0 Å². The lowest BCUT2D eigenvalue weighted by Crippen LogP contribution is -2.35. The summed E-state index contributed by atoms with van der Waals surface area (Å²) < 4.78 is 19.5. The minimum atomic E-state index is -0.203. The Balaban J connectivity index is 1.04. The fraction of sp³-hybridized carbons (Fsp3) is 0.231. The second-order valence-electron chi connectivity index (χ2n) is 11.9. The van der Waals surface area contributed by atoms with Gasteiger partial charge in [-0.05, 0) is 73.9 Å². The first-order valence-corrected chi connectivity index (χ1v) is 16.2. The van der Waals surface area contributed by atoms with Gasteiger partial charge in [-0.1, -0.05) is 48.5 Å². The van der Waals surface area contributed by atoms with Gasteiger partial charge in [-0.2, -0.15) is 0 Å². The van der Waals surface area contributed by atoms with E-state index in [0.717, 1.165) is 24.9 Å². The summed E-state index contributed by atoms with van der Waals surface area (Å²) in [5.41, 5.74) is 3.32. The van der Waals surface area contributed by atoms with E-state index in [2.05, 4.69) is 4.99 Å². The zero-order chi connectivity index (χ0) is 33.0. The van der Waals surface area contributed by atoms with Gasteiger partial charge in [0.2, 0.25) is 0 Å². The molecule has 0 saturated carbocycles. The molecule has 1 fully saturated rings. The molecule has 9 heteroatoms. The van der Waals surface area contributed by atoms with Gasteiger partial charge in [0, 0.05) is 25.2 Å². The SMILES string of the molecule is COc1cc2c(cc1OC(C)CCOc1ccc(-n3c(/C=C/c4ccccc4)nc4ccccc4c3=O)cc1)N=C[C@@H]1CCCN1C2=O. The number of carbonyl (C=O) groups is 1. The van der Waals surface area contributed by atoms with Gasteiger partial charge in [-0.3, -0.25) is 19.1 Å². The van der Waals surface area contributed by atoms with Crippen molar-refractivity contribution >= 4 is 40.9 Å². The first-order chi connectivity index (χ1) is 23.5. The molecule has 0 spiro atoms. The van der Waals surface area contributed by atoms with E-state index >= 15 is 0 Å². The van der Waals surface area contributed by atoms with Crippen molar-refractivity contribution in [3.8, 4) is 22.9 Å².